The Labute approximate surface area is 336 Å². The highest BCUT2D eigenvalue weighted by Gasteiger charge is 2.42. The Morgan fingerprint density at radius 2 is 1.71 bits per heavy atom. The smallest absolute Gasteiger partial charge is 0.394 e. The number of imidazole rings is 1. The summed E-state index contributed by atoms with van der Waals surface area (Å²) in [5.74, 6) is -5.26. The van der Waals surface area contributed by atoms with Crippen molar-refractivity contribution in [1.29, 1.82) is 0 Å². The second-order valence-electron chi connectivity index (χ2n) is 14.7. The van der Waals surface area contributed by atoms with E-state index in [1.165, 1.54) is 23.5 Å². The van der Waals surface area contributed by atoms with Crippen LogP contribution in [0.1, 0.15) is 59.6 Å². The summed E-state index contributed by atoms with van der Waals surface area (Å²) in [6.45, 7) is 10.7. The van der Waals surface area contributed by atoms with Crippen LogP contribution in [0.25, 0.3) is 0 Å². The number of nitrogens with two attached hydrogens (primary N) is 1. The van der Waals surface area contributed by atoms with E-state index in [4.69, 9.17) is 19.7 Å². The number of hydrogen-bond acceptors (Lipinski definition) is 14. The average molecular weight is 847 g/mol. The molecule has 0 aromatic carbocycles. The van der Waals surface area contributed by atoms with Gasteiger partial charge in [-0.3, -0.25) is 37.8 Å². The normalized spacial score (nSPS) is 19.2. The third-order valence-electron chi connectivity index (χ3n) is 8.90. The Morgan fingerprint density at radius 3 is 2.26 bits per heavy atom. The van der Waals surface area contributed by atoms with Crippen molar-refractivity contribution in [2.75, 3.05) is 40.1 Å². The molecule has 328 valence electrons. The number of carbonyl (C=O) groups excluding carboxylic acids is 6. The van der Waals surface area contributed by atoms with Gasteiger partial charge in [0.1, 0.15) is 30.2 Å². The second kappa shape index (κ2) is 23.3. The number of carbonyl (C=O) groups is 6. The summed E-state index contributed by atoms with van der Waals surface area (Å²) in [5.41, 5.74) is 4.87. The number of H-pyrrole nitrogens is 1. The molecule has 0 bridgehead atoms. The van der Waals surface area contributed by atoms with Gasteiger partial charge < -0.3 is 61.5 Å². The molecule has 23 heteroatoms. The highest BCUT2D eigenvalue weighted by molar-refractivity contribution is 7.47. The minimum atomic E-state index is -4.62. The molecule has 2 heterocycles. The van der Waals surface area contributed by atoms with Crippen LogP contribution in [0.15, 0.2) is 25.2 Å². The van der Waals surface area contributed by atoms with E-state index in [2.05, 4.69) is 42.3 Å². The van der Waals surface area contributed by atoms with Gasteiger partial charge in [-0.25, -0.2) is 9.55 Å². The lowest BCUT2D eigenvalue weighted by Gasteiger charge is -2.29. The predicted octanol–water partition coefficient (Wildman–Crippen LogP) is -2.08. The molecule has 0 radical (unpaired) electrons. The number of primary amides is 1. The van der Waals surface area contributed by atoms with E-state index in [1.54, 1.807) is 13.8 Å². The molecule has 8 atom stereocenters. The molecule has 10 N–H and O–H groups in total. The Kier molecular flexibility index (Phi) is 20.1. The van der Waals surface area contributed by atoms with Crippen LogP contribution in [0.4, 0.5) is 0 Å². The molecular weight excluding hydrogens is 787 g/mol. The van der Waals surface area contributed by atoms with E-state index in [9.17, 15) is 48.4 Å². The van der Waals surface area contributed by atoms with Crippen LogP contribution in [0, 0.1) is 5.92 Å². The lowest BCUT2D eigenvalue weighted by molar-refractivity contribution is -0.141. The van der Waals surface area contributed by atoms with Crippen molar-refractivity contribution in [2.24, 2.45) is 11.7 Å². The maximum Gasteiger partial charge on any atom is 0.472 e. The Hall–Kier alpha value is -4.28. The number of phosphoric acid groups is 1. The number of rotatable bonds is 26. The number of aliphatic hydroxyl groups is 2. The zero-order valence-corrected chi connectivity index (χ0v) is 34.6. The summed E-state index contributed by atoms with van der Waals surface area (Å²) in [4.78, 5) is 97.9. The maximum atomic E-state index is 13.9. The summed E-state index contributed by atoms with van der Waals surface area (Å²) in [7, 11) is -3.74. The van der Waals surface area contributed by atoms with E-state index >= 15 is 0 Å². The molecule has 22 nitrogen and oxygen atoms in total. The van der Waals surface area contributed by atoms with Gasteiger partial charge in [0.15, 0.2) is 0 Å². The highest BCUT2D eigenvalue weighted by Crippen LogP contribution is 2.43. The molecule has 1 aromatic rings. The van der Waals surface area contributed by atoms with Gasteiger partial charge in [-0.2, -0.15) is 0 Å². The van der Waals surface area contributed by atoms with E-state index in [0.29, 0.717) is 5.69 Å². The van der Waals surface area contributed by atoms with Crippen molar-refractivity contribution in [3.63, 3.8) is 0 Å². The first-order chi connectivity index (χ1) is 27.2. The molecule has 0 saturated carbocycles. The molecule has 1 fully saturated rings. The fourth-order valence-corrected chi connectivity index (χ4v) is 6.40. The molecule has 2 rings (SSSR count). The van der Waals surface area contributed by atoms with Crippen LogP contribution in [-0.4, -0.2) is 154 Å². The van der Waals surface area contributed by atoms with Crippen molar-refractivity contribution in [1.82, 2.24) is 36.1 Å². The van der Waals surface area contributed by atoms with Gasteiger partial charge in [0.25, 0.3) is 0 Å². The third kappa shape index (κ3) is 16.2. The third-order valence-corrected chi connectivity index (χ3v) is 9.96. The van der Waals surface area contributed by atoms with Crippen LogP contribution in [-0.2, 0) is 58.3 Å². The Morgan fingerprint density at radius 1 is 1.07 bits per heavy atom. The topological polar surface area (TPSA) is 323 Å². The number of aromatic nitrogens is 2. The van der Waals surface area contributed by atoms with Crippen molar-refractivity contribution in [3.8, 4) is 0 Å². The molecule has 0 spiro atoms. The quantitative estimate of drug-likeness (QED) is 0.0357. The molecule has 6 amide bonds. The standard InChI is InChI=1S/C35H59N8O14P/c1-8-10-55-23-14-27(43(16-23)28(46)9-11-56-35(5,6)18-45)34(51)40-24(12-20(2)3)31(48)39-25(13-22-15-37-19-38-22)32(49)41-26(17-44)33(50)42-29(30(36)47)21(4)57-58(52,53)54-7/h8,15,19-21,23-27,29,44-45H,1,9-14,16-18H2,2-7H3,(H2,36,47)(H,37,38)(H,39,48)(H,40,51)(H,41,49)(H,42,50)(H,52,53)/t21-,23+,24+,25+,26+,27+,29+/m1/s1. The molecule has 1 aliphatic heterocycles. The average Bonchev–Trinajstić information content (AvgIpc) is 3.84. The number of amides is 6. The summed E-state index contributed by atoms with van der Waals surface area (Å²) >= 11 is 0. The first kappa shape index (κ1) is 49.9. The molecule has 0 aliphatic carbocycles. The lowest BCUT2D eigenvalue weighted by atomic mass is 10.0. The number of aromatic amines is 1. The lowest BCUT2D eigenvalue weighted by Crippen LogP contribution is -2.61. The maximum absolute atomic E-state index is 13.9. The first-order valence-electron chi connectivity index (χ1n) is 18.6. The summed E-state index contributed by atoms with van der Waals surface area (Å²) in [6, 6.07) is -7.11. The number of phosphoric ester groups is 1. The van der Waals surface area contributed by atoms with E-state index in [0.717, 1.165) is 14.0 Å². The van der Waals surface area contributed by atoms with Crippen LogP contribution < -0.4 is 27.0 Å². The van der Waals surface area contributed by atoms with Gasteiger partial charge in [0.2, 0.25) is 35.4 Å². The van der Waals surface area contributed by atoms with Crippen molar-refractivity contribution in [3.05, 3.63) is 30.9 Å². The van der Waals surface area contributed by atoms with E-state index < -0.39 is 97.9 Å². The second-order valence-corrected chi connectivity index (χ2v) is 16.2. The van der Waals surface area contributed by atoms with Gasteiger partial charge >= 0.3 is 7.82 Å². The zero-order chi connectivity index (χ0) is 43.8. The van der Waals surface area contributed by atoms with E-state index in [-0.39, 0.29) is 58.0 Å². The van der Waals surface area contributed by atoms with Gasteiger partial charge in [-0.1, -0.05) is 19.9 Å². The molecular formula is C35H59N8O14P. The zero-order valence-electron chi connectivity index (χ0n) is 33.7. The number of aliphatic hydroxyl groups excluding tert-OH is 2. The minimum absolute atomic E-state index is 0.0209. The van der Waals surface area contributed by atoms with Crippen molar-refractivity contribution in [2.45, 2.75) is 108 Å². The van der Waals surface area contributed by atoms with Crippen molar-refractivity contribution < 1.29 is 67.0 Å². The van der Waals surface area contributed by atoms with Gasteiger partial charge in [-0.15, -0.1) is 6.58 Å². The molecule has 1 aliphatic rings. The Bertz CT molecular complexity index is 1600. The number of likely N-dealkylation sites (tertiary alicyclic amines) is 1. The fraction of sp³-hybridized carbons (Fsp3) is 0.686. The van der Waals surface area contributed by atoms with Crippen molar-refractivity contribution >= 4 is 43.3 Å². The largest absolute Gasteiger partial charge is 0.472 e. The van der Waals surface area contributed by atoms with Crippen LogP contribution in [0.2, 0.25) is 0 Å². The SMILES string of the molecule is C=CCO[C@H]1C[C@@H](C(=O)N[C@@H](CC(C)C)C(=O)N[C@@H](Cc2cnc[nH]2)C(=O)N[C@@H](CO)C(=O)N[C@H](C(N)=O)[C@@H](C)OP(=O)(O)OC)N(C(=O)CCOC(C)(C)CO)C1. The van der Waals surface area contributed by atoms with Gasteiger partial charge in [-0.05, 0) is 33.1 Å². The van der Waals surface area contributed by atoms with Gasteiger partial charge in [0.05, 0.1) is 57.0 Å². The van der Waals surface area contributed by atoms with Crippen LogP contribution in [0.3, 0.4) is 0 Å². The number of nitrogens with zero attached hydrogens (tertiary/aromatic N) is 2. The number of ether oxygens (including phenoxy) is 2. The molecule has 1 aromatic heterocycles. The minimum Gasteiger partial charge on any atom is -0.394 e. The van der Waals surface area contributed by atoms with Gasteiger partial charge in [0, 0.05) is 38.4 Å². The summed E-state index contributed by atoms with van der Waals surface area (Å²) in [5, 5.41) is 29.4. The van der Waals surface area contributed by atoms with Crippen LogP contribution >= 0.6 is 7.82 Å². The molecule has 1 saturated heterocycles. The number of nitrogens with one attached hydrogen (secondary N) is 5. The highest BCUT2D eigenvalue weighted by atomic mass is 31.2. The summed E-state index contributed by atoms with van der Waals surface area (Å²) in [6.07, 6.45) is 2.19. The molecule has 1 unspecified atom stereocenters. The van der Waals surface area contributed by atoms with E-state index in [1.807, 2.05) is 13.8 Å². The number of hydrogen-bond donors (Lipinski definition) is 9. The predicted molar refractivity (Wildman–Crippen MR) is 205 cm³/mol. The molecule has 58 heavy (non-hydrogen) atoms. The fourth-order valence-electron chi connectivity index (χ4n) is 5.77. The van der Waals surface area contributed by atoms with Crippen LogP contribution in [0.5, 0.6) is 0 Å². The summed E-state index contributed by atoms with van der Waals surface area (Å²) < 4.78 is 32.4. The Balaban J connectivity index is 2.30. The first-order valence-corrected chi connectivity index (χ1v) is 20.1. The monoisotopic (exact) mass is 846 g/mol.